The Morgan fingerprint density at radius 3 is 2.19 bits per heavy atom. The summed E-state index contributed by atoms with van der Waals surface area (Å²) in [7, 11) is 3.09. The zero-order chi connectivity index (χ0) is 27.3. The predicted molar refractivity (Wildman–Crippen MR) is 143 cm³/mol. The summed E-state index contributed by atoms with van der Waals surface area (Å²) < 4.78 is 16.3. The first-order chi connectivity index (χ1) is 17.3. The molecule has 0 fully saturated rings. The molecule has 3 rings (SSSR count). The monoisotopic (exact) mass is 502 g/mol. The molecular weight excluding hydrogens is 460 g/mol. The van der Waals surface area contributed by atoms with Crippen LogP contribution in [0, 0.1) is 0 Å². The molecule has 2 aromatic rings. The third-order valence-corrected chi connectivity index (χ3v) is 4.77. The molecule has 0 aliphatic carbocycles. The number of primary amides is 1. The van der Waals surface area contributed by atoms with Crippen molar-refractivity contribution < 1.29 is 28.6 Å². The van der Waals surface area contributed by atoms with E-state index in [2.05, 4.69) is 33.4 Å². The van der Waals surface area contributed by atoms with Gasteiger partial charge in [0.25, 0.3) is 5.91 Å². The van der Waals surface area contributed by atoms with Crippen molar-refractivity contribution in [3.05, 3.63) is 54.1 Å². The summed E-state index contributed by atoms with van der Waals surface area (Å²) in [4.78, 5) is 34.2. The Kier molecular flexibility index (Phi) is 17.8. The summed E-state index contributed by atoms with van der Waals surface area (Å²) in [6, 6.07) is 14.7. The van der Waals surface area contributed by atoms with Crippen LogP contribution in [0.3, 0.4) is 0 Å². The van der Waals surface area contributed by atoms with Crippen LogP contribution in [0.1, 0.15) is 58.9 Å². The molecule has 0 radical (unpaired) electrons. The van der Waals surface area contributed by atoms with Gasteiger partial charge in [0.2, 0.25) is 6.41 Å². The summed E-state index contributed by atoms with van der Waals surface area (Å²) in [5.74, 6) is 0.862. The molecule has 0 saturated carbocycles. The Bertz CT molecular complexity index is 901. The van der Waals surface area contributed by atoms with Gasteiger partial charge < -0.3 is 24.8 Å². The van der Waals surface area contributed by atoms with Gasteiger partial charge in [-0.1, -0.05) is 77.3 Å². The highest BCUT2D eigenvalue weighted by molar-refractivity contribution is 5.99. The van der Waals surface area contributed by atoms with Crippen molar-refractivity contribution in [1.29, 1.82) is 0 Å². The molecule has 200 valence electrons. The molecule has 36 heavy (non-hydrogen) atoms. The lowest BCUT2D eigenvalue weighted by atomic mass is 10.1. The molecule has 2 aromatic carbocycles. The molecule has 2 N–H and O–H groups in total. The van der Waals surface area contributed by atoms with E-state index in [0.717, 1.165) is 11.3 Å². The van der Waals surface area contributed by atoms with Crippen LogP contribution in [-0.2, 0) is 25.5 Å². The van der Waals surface area contributed by atoms with E-state index in [1.54, 1.807) is 18.0 Å². The van der Waals surface area contributed by atoms with Crippen LogP contribution in [0.15, 0.2) is 48.5 Å². The highest BCUT2D eigenvalue weighted by atomic mass is 16.5. The molecule has 1 heterocycles. The maximum absolute atomic E-state index is 12.5. The second kappa shape index (κ2) is 19.7. The van der Waals surface area contributed by atoms with Gasteiger partial charge in [-0.05, 0) is 18.2 Å². The fourth-order valence-corrected chi connectivity index (χ4v) is 2.85. The number of hydrogen-bond acceptors (Lipinski definition) is 6. The third-order valence-electron chi connectivity index (χ3n) is 4.77. The van der Waals surface area contributed by atoms with E-state index in [9.17, 15) is 9.59 Å². The van der Waals surface area contributed by atoms with Crippen LogP contribution in [-0.4, -0.2) is 45.2 Å². The average molecular weight is 503 g/mol. The number of anilines is 1. The number of unbranched alkanes of at least 4 members (excludes halogenated alkanes) is 1. The summed E-state index contributed by atoms with van der Waals surface area (Å²) in [6.45, 7) is 8.91. The molecule has 1 aliphatic rings. The molecule has 0 saturated heterocycles. The Balaban J connectivity index is 0.00000106. The molecular formula is C28H42N2O6. The van der Waals surface area contributed by atoms with Crippen molar-refractivity contribution in [1.82, 2.24) is 0 Å². The van der Waals surface area contributed by atoms with Crippen molar-refractivity contribution in [3.63, 3.8) is 0 Å². The van der Waals surface area contributed by atoms with Gasteiger partial charge in [-0.2, -0.15) is 0 Å². The van der Waals surface area contributed by atoms with E-state index in [4.69, 9.17) is 19.0 Å². The molecule has 0 spiro atoms. The van der Waals surface area contributed by atoms with E-state index in [0.29, 0.717) is 24.5 Å². The first kappa shape index (κ1) is 32.5. The maximum atomic E-state index is 12.5. The normalized spacial score (nSPS) is 13.1. The number of likely N-dealkylation sites (N-methyl/N-ethyl adjacent to an activating group) is 1. The maximum Gasteiger partial charge on any atom is 0.310 e. The average Bonchev–Trinajstić information content (AvgIpc) is 2.89. The number of rotatable bonds is 7. The fraction of sp³-hybridized carbons (Fsp3) is 0.464. The van der Waals surface area contributed by atoms with Gasteiger partial charge in [-0.15, -0.1) is 0 Å². The van der Waals surface area contributed by atoms with E-state index in [-0.39, 0.29) is 24.7 Å². The highest BCUT2D eigenvalue weighted by Crippen LogP contribution is 2.33. The van der Waals surface area contributed by atoms with Crippen LogP contribution in [0.2, 0.25) is 0 Å². The van der Waals surface area contributed by atoms with Gasteiger partial charge in [-0.3, -0.25) is 14.4 Å². The Labute approximate surface area is 215 Å². The number of nitrogens with two attached hydrogens (primary N) is 1. The largest absolute Gasteiger partial charge is 0.493 e. The molecule has 1 atom stereocenters. The number of para-hydroxylation sites is 3. The lowest BCUT2D eigenvalue weighted by Gasteiger charge is -2.31. The van der Waals surface area contributed by atoms with Crippen molar-refractivity contribution in [3.8, 4) is 11.5 Å². The van der Waals surface area contributed by atoms with Crippen LogP contribution in [0.5, 0.6) is 11.5 Å². The SMILES string of the molecule is CCC.CCCC.COC(=O)Cc1ccccc1OCCC1Oc2ccccc2N(C)C1=O.NC=O. The van der Waals surface area contributed by atoms with E-state index in [1.165, 1.54) is 26.4 Å². The third kappa shape index (κ3) is 11.7. The van der Waals surface area contributed by atoms with Crippen LogP contribution >= 0.6 is 0 Å². The van der Waals surface area contributed by atoms with Crippen molar-refractivity contribution in [2.24, 2.45) is 5.73 Å². The molecule has 2 amide bonds. The van der Waals surface area contributed by atoms with Gasteiger partial charge in [0.05, 0.1) is 25.8 Å². The Hall–Kier alpha value is -3.55. The zero-order valence-corrected chi connectivity index (χ0v) is 22.5. The van der Waals surface area contributed by atoms with Gasteiger partial charge in [0.1, 0.15) is 11.5 Å². The smallest absolute Gasteiger partial charge is 0.310 e. The van der Waals surface area contributed by atoms with E-state index in [1.807, 2.05) is 42.5 Å². The van der Waals surface area contributed by atoms with E-state index >= 15 is 0 Å². The minimum atomic E-state index is -0.595. The van der Waals surface area contributed by atoms with Gasteiger partial charge in [0, 0.05) is 19.0 Å². The summed E-state index contributed by atoms with van der Waals surface area (Å²) in [5, 5.41) is 0. The molecule has 8 nitrogen and oxygen atoms in total. The van der Waals surface area contributed by atoms with Gasteiger partial charge in [-0.25, -0.2) is 0 Å². The fourth-order valence-electron chi connectivity index (χ4n) is 2.85. The molecule has 0 aromatic heterocycles. The standard InChI is InChI=1S/C20H21NO5.C4H10.C3H8.CH3NO/c1-21-15-8-4-6-10-17(15)26-18(20(21)23)11-12-25-16-9-5-3-7-14(16)13-19(22)24-2;1-3-4-2;1-3-2;2-1-3/h3-10,18H,11-13H2,1-2H3;3-4H2,1-2H3;3H2,1-2H3;1H,(H2,2,3). The highest BCUT2D eigenvalue weighted by Gasteiger charge is 2.31. The molecule has 0 bridgehead atoms. The van der Waals surface area contributed by atoms with Crippen LogP contribution in [0.25, 0.3) is 0 Å². The predicted octanol–water partition coefficient (Wildman–Crippen LogP) is 4.92. The van der Waals surface area contributed by atoms with Gasteiger partial charge >= 0.3 is 5.97 Å². The number of amides is 2. The number of benzene rings is 2. The summed E-state index contributed by atoms with van der Waals surface area (Å²) in [5.41, 5.74) is 5.68. The number of nitrogens with zero attached hydrogens (tertiary/aromatic N) is 1. The number of hydrogen-bond donors (Lipinski definition) is 1. The number of carbonyl (C=O) groups excluding carboxylic acids is 3. The zero-order valence-electron chi connectivity index (χ0n) is 22.5. The van der Waals surface area contributed by atoms with Crippen LogP contribution in [0.4, 0.5) is 5.69 Å². The first-order valence-corrected chi connectivity index (χ1v) is 12.3. The Morgan fingerprint density at radius 1 is 1.06 bits per heavy atom. The number of methoxy groups -OCH3 is 1. The summed E-state index contributed by atoms with van der Waals surface area (Å²) in [6.07, 6.45) is 4.09. The summed E-state index contributed by atoms with van der Waals surface area (Å²) >= 11 is 0. The number of ether oxygens (including phenoxy) is 3. The van der Waals surface area contributed by atoms with E-state index < -0.39 is 6.10 Å². The Morgan fingerprint density at radius 2 is 1.61 bits per heavy atom. The lowest BCUT2D eigenvalue weighted by molar-refractivity contribution is -0.139. The van der Waals surface area contributed by atoms with Gasteiger partial charge in [0.15, 0.2) is 6.10 Å². The van der Waals surface area contributed by atoms with Crippen LogP contribution < -0.4 is 20.1 Å². The number of esters is 1. The van der Waals surface area contributed by atoms with Crippen molar-refractivity contribution >= 4 is 24.0 Å². The van der Waals surface area contributed by atoms with Crippen molar-refractivity contribution in [2.45, 2.75) is 65.9 Å². The number of carbonyl (C=O) groups is 3. The number of fused-ring (bicyclic) bond motifs is 1. The molecule has 8 heteroatoms. The topological polar surface area (TPSA) is 108 Å². The lowest BCUT2D eigenvalue weighted by Crippen LogP contribution is -2.44. The minimum Gasteiger partial charge on any atom is -0.493 e. The molecule has 1 unspecified atom stereocenters. The quantitative estimate of drug-likeness (QED) is 0.425. The second-order valence-electron chi connectivity index (χ2n) is 7.81. The first-order valence-electron chi connectivity index (χ1n) is 12.3. The van der Waals surface area contributed by atoms with Crippen molar-refractivity contribution in [2.75, 3.05) is 25.7 Å². The molecule has 1 aliphatic heterocycles. The minimum absolute atomic E-state index is 0.102. The second-order valence-corrected chi connectivity index (χ2v) is 7.81.